The van der Waals surface area contributed by atoms with E-state index in [4.69, 9.17) is 0 Å². The minimum Gasteiger partial charge on any atom is -0.392 e. The van der Waals surface area contributed by atoms with E-state index in [1.807, 2.05) is 13.8 Å². The van der Waals surface area contributed by atoms with Crippen LogP contribution >= 0.6 is 0 Å². The lowest BCUT2D eigenvalue weighted by molar-refractivity contribution is -0.384. The Hall–Kier alpha value is -1.95. The van der Waals surface area contributed by atoms with Crippen LogP contribution in [0.4, 0.5) is 5.69 Å². The van der Waals surface area contributed by atoms with Crippen molar-refractivity contribution in [1.29, 1.82) is 0 Å². The Labute approximate surface area is 117 Å². The third kappa shape index (κ3) is 2.38. The second-order valence-corrected chi connectivity index (χ2v) is 5.86. The molecule has 2 rings (SSSR count). The Balaban J connectivity index is 2.13. The highest BCUT2D eigenvalue weighted by atomic mass is 16.6. The number of carbonyl (C=O) groups excluding carboxylic acids is 1. The van der Waals surface area contributed by atoms with Crippen LogP contribution in [0.5, 0.6) is 0 Å². The Morgan fingerprint density at radius 2 is 2.15 bits per heavy atom. The first-order chi connectivity index (χ1) is 9.23. The zero-order chi connectivity index (χ0) is 15.1. The van der Waals surface area contributed by atoms with E-state index in [1.54, 1.807) is 6.92 Å². The molecule has 1 aromatic rings. The highest BCUT2D eigenvalue weighted by Gasteiger charge is 2.48. The molecule has 1 aliphatic rings. The first-order valence-electron chi connectivity index (χ1n) is 6.47. The van der Waals surface area contributed by atoms with Crippen molar-refractivity contribution in [3.05, 3.63) is 39.4 Å². The highest BCUT2D eigenvalue weighted by molar-refractivity contribution is 5.96. The average molecular weight is 278 g/mol. The molecule has 2 N–H and O–H groups in total. The summed E-state index contributed by atoms with van der Waals surface area (Å²) in [4.78, 5) is 22.4. The third-order valence-electron chi connectivity index (χ3n) is 4.19. The number of benzene rings is 1. The number of hydrogen-bond acceptors (Lipinski definition) is 4. The van der Waals surface area contributed by atoms with Gasteiger partial charge in [0, 0.05) is 29.2 Å². The van der Waals surface area contributed by atoms with Crippen molar-refractivity contribution < 1.29 is 14.8 Å². The minimum atomic E-state index is -0.486. The number of aliphatic hydroxyl groups excluding tert-OH is 1. The minimum absolute atomic E-state index is 0.0292. The van der Waals surface area contributed by atoms with Crippen LogP contribution in [0.2, 0.25) is 0 Å². The first-order valence-corrected chi connectivity index (χ1v) is 6.47. The molecule has 1 amide bonds. The van der Waals surface area contributed by atoms with Gasteiger partial charge in [0.05, 0.1) is 11.0 Å². The smallest absolute Gasteiger partial charge is 0.269 e. The van der Waals surface area contributed by atoms with Gasteiger partial charge in [0.15, 0.2) is 0 Å². The van der Waals surface area contributed by atoms with Gasteiger partial charge in [-0.2, -0.15) is 0 Å². The van der Waals surface area contributed by atoms with Gasteiger partial charge in [0.25, 0.3) is 11.6 Å². The normalized spacial score (nSPS) is 23.8. The molecule has 1 saturated carbocycles. The highest BCUT2D eigenvalue weighted by Crippen LogP contribution is 2.40. The first kappa shape index (κ1) is 14.5. The van der Waals surface area contributed by atoms with E-state index in [0.29, 0.717) is 17.5 Å². The summed E-state index contributed by atoms with van der Waals surface area (Å²) < 4.78 is 0. The molecule has 0 saturated heterocycles. The zero-order valence-electron chi connectivity index (χ0n) is 11.7. The lowest BCUT2D eigenvalue weighted by atomic mass is 9.64. The molecule has 1 aliphatic carbocycles. The maximum atomic E-state index is 12.2. The predicted molar refractivity (Wildman–Crippen MR) is 73.5 cm³/mol. The van der Waals surface area contributed by atoms with Gasteiger partial charge in [-0.15, -0.1) is 0 Å². The van der Waals surface area contributed by atoms with E-state index in [-0.39, 0.29) is 23.1 Å². The Bertz CT molecular complexity index is 568. The van der Waals surface area contributed by atoms with Gasteiger partial charge < -0.3 is 10.4 Å². The van der Waals surface area contributed by atoms with Crippen LogP contribution in [-0.2, 0) is 0 Å². The largest absolute Gasteiger partial charge is 0.392 e. The number of nitro groups is 1. The summed E-state index contributed by atoms with van der Waals surface area (Å²) in [6.07, 6.45) is 0.121. The molecule has 2 atom stereocenters. The summed E-state index contributed by atoms with van der Waals surface area (Å²) in [6, 6.07) is 4.09. The second kappa shape index (κ2) is 4.86. The number of amides is 1. The van der Waals surface area contributed by atoms with Crippen molar-refractivity contribution in [2.24, 2.45) is 5.41 Å². The van der Waals surface area contributed by atoms with Gasteiger partial charge in [0.2, 0.25) is 0 Å². The fraction of sp³-hybridized carbons (Fsp3) is 0.500. The molecule has 2 unspecified atom stereocenters. The van der Waals surface area contributed by atoms with Gasteiger partial charge in [0.1, 0.15) is 0 Å². The quantitative estimate of drug-likeness (QED) is 0.651. The van der Waals surface area contributed by atoms with Gasteiger partial charge in [-0.25, -0.2) is 0 Å². The molecule has 0 heterocycles. The Morgan fingerprint density at radius 3 is 2.60 bits per heavy atom. The van der Waals surface area contributed by atoms with Gasteiger partial charge >= 0.3 is 0 Å². The summed E-state index contributed by atoms with van der Waals surface area (Å²) in [5.74, 6) is -0.262. The van der Waals surface area contributed by atoms with Crippen LogP contribution < -0.4 is 5.32 Å². The summed E-state index contributed by atoms with van der Waals surface area (Å²) in [5, 5.41) is 23.2. The Kier molecular flexibility index (Phi) is 3.52. The second-order valence-electron chi connectivity index (χ2n) is 5.86. The number of aryl methyl sites for hydroxylation is 1. The Morgan fingerprint density at radius 1 is 1.50 bits per heavy atom. The van der Waals surface area contributed by atoms with Crippen LogP contribution in [0.3, 0.4) is 0 Å². The van der Waals surface area contributed by atoms with Crippen molar-refractivity contribution in [2.45, 2.75) is 39.3 Å². The number of nitro benzene ring substituents is 1. The molecule has 0 spiro atoms. The molecule has 1 fully saturated rings. The summed E-state index contributed by atoms with van der Waals surface area (Å²) in [5.41, 5.74) is 0.616. The molecule has 0 bridgehead atoms. The maximum absolute atomic E-state index is 12.2. The molecule has 6 nitrogen and oxygen atoms in total. The number of non-ortho nitro benzene ring substituents is 1. The fourth-order valence-corrected chi connectivity index (χ4v) is 2.40. The van der Waals surface area contributed by atoms with E-state index in [0.717, 1.165) is 0 Å². The number of hydrogen-bond donors (Lipinski definition) is 2. The average Bonchev–Trinajstić information content (AvgIpc) is 2.37. The molecular formula is C14H18N2O4. The molecular weight excluding hydrogens is 260 g/mol. The van der Waals surface area contributed by atoms with Crippen LogP contribution in [0.15, 0.2) is 18.2 Å². The maximum Gasteiger partial charge on any atom is 0.269 e. The molecule has 0 aliphatic heterocycles. The lowest BCUT2D eigenvalue weighted by Crippen LogP contribution is -2.61. The monoisotopic (exact) mass is 278 g/mol. The van der Waals surface area contributed by atoms with Crippen LogP contribution in [-0.4, -0.2) is 28.1 Å². The van der Waals surface area contributed by atoms with Crippen molar-refractivity contribution in [2.75, 3.05) is 0 Å². The molecule has 20 heavy (non-hydrogen) atoms. The molecule has 0 radical (unpaired) electrons. The van der Waals surface area contributed by atoms with Crippen LogP contribution in [0.1, 0.15) is 36.2 Å². The fourth-order valence-electron chi connectivity index (χ4n) is 2.40. The summed E-state index contributed by atoms with van der Waals surface area (Å²) in [7, 11) is 0. The van der Waals surface area contributed by atoms with Crippen LogP contribution in [0, 0.1) is 22.5 Å². The molecule has 108 valence electrons. The molecule has 6 heteroatoms. The van der Waals surface area contributed by atoms with E-state index < -0.39 is 11.0 Å². The summed E-state index contributed by atoms with van der Waals surface area (Å²) >= 11 is 0. The lowest BCUT2D eigenvalue weighted by Gasteiger charge is -2.49. The van der Waals surface area contributed by atoms with E-state index in [1.165, 1.54) is 18.2 Å². The number of nitrogens with one attached hydrogen (secondary N) is 1. The molecule has 0 aromatic heterocycles. The SMILES string of the molecule is Cc1cc([N+](=O)[O-])ccc1C(=O)NC1CC(O)C1(C)C. The van der Waals surface area contributed by atoms with Gasteiger partial charge in [-0.3, -0.25) is 14.9 Å². The standard InChI is InChI=1S/C14H18N2O4/c1-8-6-9(16(19)20)4-5-10(8)13(18)15-11-7-12(17)14(11,2)3/h4-6,11-12,17H,7H2,1-3H3,(H,15,18). The van der Waals surface area contributed by atoms with Crippen molar-refractivity contribution >= 4 is 11.6 Å². The van der Waals surface area contributed by atoms with E-state index in [2.05, 4.69) is 5.32 Å². The number of nitrogens with zero attached hydrogens (tertiary/aromatic N) is 1. The summed E-state index contributed by atoms with van der Waals surface area (Å²) in [6.45, 7) is 5.46. The van der Waals surface area contributed by atoms with E-state index in [9.17, 15) is 20.0 Å². The third-order valence-corrected chi connectivity index (χ3v) is 4.19. The topological polar surface area (TPSA) is 92.5 Å². The van der Waals surface area contributed by atoms with Crippen molar-refractivity contribution in [1.82, 2.24) is 5.32 Å². The number of aliphatic hydroxyl groups is 1. The predicted octanol–water partition coefficient (Wildman–Crippen LogP) is 1.79. The van der Waals surface area contributed by atoms with Crippen LogP contribution in [0.25, 0.3) is 0 Å². The van der Waals surface area contributed by atoms with Gasteiger partial charge in [-0.1, -0.05) is 13.8 Å². The number of carbonyl (C=O) groups is 1. The number of rotatable bonds is 3. The zero-order valence-corrected chi connectivity index (χ0v) is 11.7. The van der Waals surface area contributed by atoms with Crippen molar-refractivity contribution in [3.63, 3.8) is 0 Å². The molecule has 1 aromatic carbocycles. The van der Waals surface area contributed by atoms with Gasteiger partial charge in [-0.05, 0) is 25.0 Å². The van der Waals surface area contributed by atoms with E-state index >= 15 is 0 Å². The van der Waals surface area contributed by atoms with Crippen molar-refractivity contribution in [3.8, 4) is 0 Å².